The van der Waals surface area contributed by atoms with Crippen LogP contribution in [0.1, 0.15) is 24.5 Å². The molecule has 0 amide bonds. The minimum Gasteiger partial charge on any atom is -0.493 e. The summed E-state index contributed by atoms with van der Waals surface area (Å²) in [6, 6.07) is 5.35. The fraction of sp³-hybridized carbons (Fsp3) is 0.462. The molecule has 3 rings (SSSR count). The predicted octanol–water partition coefficient (Wildman–Crippen LogP) is 1.27. The maximum atomic E-state index is 11.5. The van der Waals surface area contributed by atoms with Gasteiger partial charge in [-0.05, 0) is 29.9 Å². The molecule has 2 atom stereocenters. The van der Waals surface area contributed by atoms with Gasteiger partial charge in [-0.2, -0.15) is 0 Å². The Balaban J connectivity index is 1.91. The molecule has 1 aliphatic carbocycles. The van der Waals surface area contributed by atoms with Crippen LogP contribution in [0.15, 0.2) is 22.6 Å². The van der Waals surface area contributed by atoms with E-state index < -0.39 is 10.0 Å². The third-order valence-electron chi connectivity index (χ3n) is 3.67. The summed E-state index contributed by atoms with van der Waals surface area (Å²) in [5, 5.41) is 0. The smallest absolute Gasteiger partial charge is 0.259 e. The second-order valence-electron chi connectivity index (χ2n) is 5.28. The first kappa shape index (κ1) is 12.5. The zero-order valence-electron chi connectivity index (χ0n) is 10.7. The molecule has 0 saturated heterocycles. The van der Waals surface area contributed by atoms with Crippen molar-refractivity contribution in [1.29, 1.82) is 0 Å². The molecule has 1 aliphatic heterocycles. The molecule has 2 aliphatic rings. The van der Waals surface area contributed by atoms with Crippen molar-refractivity contribution in [3.05, 3.63) is 29.3 Å². The highest BCUT2D eigenvalue weighted by atomic mass is 32.2. The number of rotatable bonds is 3. The van der Waals surface area contributed by atoms with Crippen molar-refractivity contribution in [2.75, 3.05) is 6.61 Å². The quantitative estimate of drug-likeness (QED) is 0.904. The Hall–Kier alpha value is -1.56. The van der Waals surface area contributed by atoms with Gasteiger partial charge in [0.15, 0.2) is 0 Å². The number of benzene rings is 1. The van der Waals surface area contributed by atoms with Crippen LogP contribution in [-0.4, -0.2) is 20.9 Å². The first-order valence-corrected chi connectivity index (χ1v) is 7.90. The highest BCUT2D eigenvalue weighted by Crippen LogP contribution is 2.38. The van der Waals surface area contributed by atoms with Crippen LogP contribution in [0.4, 0.5) is 0 Å². The third-order valence-corrected chi connectivity index (χ3v) is 4.82. The van der Waals surface area contributed by atoms with Gasteiger partial charge in [0, 0.05) is 0 Å². The summed E-state index contributed by atoms with van der Waals surface area (Å²) >= 11 is 0. The summed E-state index contributed by atoms with van der Waals surface area (Å²) in [5.74, 6) is 1.86. The molecule has 2 N–H and O–H groups in total. The van der Waals surface area contributed by atoms with Gasteiger partial charge < -0.3 is 10.5 Å². The molecule has 0 radical (unpaired) electrons. The lowest BCUT2D eigenvalue weighted by Gasteiger charge is -2.18. The van der Waals surface area contributed by atoms with Gasteiger partial charge in [-0.25, -0.2) is 8.42 Å². The fourth-order valence-electron chi connectivity index (χ4n) is 2.36. The molecule has 1 fully saturated rings. The standard InChI is InChI=1S/C13H16N2O3S/c1-8-5-10(8)6-18-11-4-2-3-9-7-19(16,17)15-13(14)12(9)11/h2-4,8,10H,5-7H2,1H3,(H2,14,15). The highest BCUT2D eigenvalue weighted by molar-refractivity contribution is 7.89. The molecule has 19 heavy (non-hydrogen) atoms. The van der Waals surface area contributed by atoms with E-state index in [1.54, 1.807) is 12.1 Å². The number of fused-ring (bicyclic) bond motifs is 1. The lowest BCUT2D eigenvalue weighted by atomic mass is 10.1. The van der Waals surface area contributed by atoms with E-state index in [0.29, 0.717) is 35.3 Å². The highest BCUT2D eigenvalue weighted by Gasteiger charge is 2.33. The molecule has 1 aromatic rings. The number of hydrogen-bond donors (Lipinski definition) is 1. The molecular formula is C13H16N2O3S. The minimum absolute atomic E-state index is 0.0284. The summed E-state index contributed by atoms with van der Waals surface area (Å²) in [6.07, 6.45) is 1.19. The number of nitrogens with zero attached hydrogens (tertiary/aromatic N) is 1. The maximum Gasteiger partial charge on any atom is 0.259 e. The molecule has 0 spiro atoms. The Morgan fingerprint density at radius 1 is 1.47 bits per heavy atom. The summed E-state index contributed by atoms with van der Waals surface area (Å²) in [6.45, 7) is 2.84. The van der Waals surface area contributed by atoms with E-state index in [1.165, 1.54) is 6.42 Å². The summed E-state index contributed by atoms with van der Waals surface area (Å²) in [5.41, 5.74) is 7.05. The van der Waals surface area contributed by atoms with Crippen LogP contribution in [0.2, 0.25) is 0 Å². The third kappa shape index (κ3) is 2.45. The number of amidine groups is 1. The van der Waals surface area contributed by atoms with Gasteiger partial charge in [0.2, 0.25) is 0 Å². The Kier molecular flexibility index (Phi) is 2.78. The zero-order valence-corrected chi connectivity index (χ0v) is 11.5. The van der Waals surface area contributed by atoms with Crippen molar-refractivity contribution in [2.45, 2.75) is 19.1 Å². The van der Waals surface area contributed by atoms with Crippen molar-refractivity contribution >= 4 is 15.9 Å². The molecule has 0 aromatic heterocycles. The van der Waals surface area contributed by atoms with E-state index in [0.717, 1.165) is 0 Å². The van der Waals surface area contributed by atoms with E-state index in [9.17, 15) is 8.42 Å². The van der Waals surface area contributed by atoms with Gasteiger partial charge in [0.1, 0.15) is 11.6 Å². The summed E-state index contributed by atoms with van der Waals surface area (Å²) in [7, 11) is -3.48. The molecule has 1 heterocycles. The van der Waals surface area contributed by atoms with Crippen LogP contribution in [0, 0.1) is 11.8 Å². The van der Waals surface area contributed by atoms with Crippen molar-refractivity contribution < 1.29 is 13.2 Å². The first-order valence-electron chi connectivity index (χ1n) is 6.29. The Labute approximate surface area is 112 Å². The van der Waals surface area contributed by atoms with Crippen LogP contribution in [-0.2, 0) is 15.8 Å². The topological polar surface area (TPSA) is 81.8 Å². The lowest BCUT2D eigenvalue weighted by molar-refractivity contribution is 0.292. The van der Waals surface area contributed by atoms with Gasteiger partial charge >= 0.3 is 0 Å². The van der Waals surface area contributed by atoms with Gasteiger partial charge in [0.05, 0.1) is 17.9 Å². The Morgan fingerprint density at radius 2 is 2.21 bits per heavy atom. The molecule has 2 unspecified atom stereocenters. The van der Waals surface area contributed by atoms with Crippen molar-refractivity contribution in [2.24, 2.45) is 22.0 Å². The van der Waals surface area contributed by atoms with Gasteiger partial charge in [-0.3, -0.25) is 0 Å². The molecule has 102 valence electrons. The van der Waals surface area contributed by atoms with Crippen molar-refractivity contribution in [3.63, 3.8) is 0 Å². The van der Waals surface area contributed by atoms with Gasteiger partial charge in [-0.15, -0.1) is 4.40 Å². The van der Waals surface area contributed by atoms with E-state index in [-0.39, 0.29) is 11.6 Å². The molecule has 5 nitrogen and oxygen atoms in total. The Bertz CT molecular complexity index is 652. The monoisotopic (exact) mass is 280 g/mol. The zero-order chi connectivity index (χ0) is 13.6. The molecule has 1 aromatic carbocycles. The van der Waals surface area contributed by atoms with E-state index in [4.69, 9.17) is 10.5 Å². The van der Waals surface area contributed by atoms with Crippen molar-refractivity contribution in [1.82, 2.24) is 0 Å². The number of sulfonamides is 1. The second kappa shape index (κ2) is 4.23. The molecule has 0 bridgehead atoms. The number of hydrogen-bond acceptors (Lipinski definition) is 4. The first-order chi connectivity index (χ1) is 8.96. The van der Waals surface area contributed by atoms with Crippen LogP contribution >= 0.6 is 0 Å². The largest absolute Gasteiger partial charge is 0.493 e. The van der Waals surface area contributed by atoms with Crippen molar-refractivity contribution in [3.8, 4) is 5.75 Å². The Morgan fingerprint density at radius 3 is 2.89 bits per heavy atom. The average molecular weight is 280 g/mol. The van der Waals surface area contributed by atoms with Gasteiger partial charge in [0.25, 0.3) is 10.0 Å². The second-order valence-corrected chi connectivity index (χ2v) is 6.91. The average Bonchev–Trinajstić information content (AvgIpc) is 3.00. The lowest BCUT2D eigenvalue weighted by Crippen LogP contribution is -2.24. The van der Waals surface area contributed by atoms with Crippen LogP contribution in [0.3, 0.4) is 0 Å². The van der Waals surface area contributed by atoms with E-state index in [2.05, 4.69) is 11.3 Å². The minimum atomic E-state index is -3.48. The van der Waals surface area contributed by atoms with Crippen LogP contribution in [0.25, 0.3) is 0 Å². The van der Waals surface area contributed by atoms with E-state index in [1.807, 2.05) is 6.07 Å². The summed E-state index contributed by atoms with van der Waals surface area (Å²) in [4.78, 5) is 0. The SMILES string of the molecule is CC1CC1COc1cccc2c1C(N)=NS(=O)(=O)C2. The molecule has 1 saturated carbocycles. The normalized spacial score (nSPS) is 27.3. The predicted molar refractivity (Wildman–Crippen MR) is 72.6 cm³/mol. The number of ether oxygens (including phenoxy) is 1. The van der Waals surface area contributed by atoms with Gasteiger partial charge in [-0.1, -0.05) is 19.1 Å². The van der Waals surface area contributed by atoms with E-state index >= 15 is 0 Å². The van der Waals surface area contributed by atoms with Crippen LogP contribution in [0.5, 0.6) is 5.75 Å². The molecular weight excluding hydrogens is 264 g/mol. The summed E-state index contributed by atoms with van der Waals surface area (Å²) < 4.78 is 32.4. The van der Waals surface area contributed by atoms with Crippen LogP contribution < -0.4 is 10.5 Å². The number of nitrogens with two attached hydrogens (primary N) is 1. The maximum absolute atomic E-state index is 11.5. The fourth-order valence-corrected chi connectivity index (χ4v) is 3.45. The molecule has 6 heteroatoms.